The first-order valence-electron chi connectivity index (χ1n) is 9.00. The van der Waals surface area contributed by atoms with E-state index in [0.717, 1.165) is 31.2 Å². The Hall–Kier alpha value is -2.32. The first kappa shape index (κ1) is 21.0. The number of aromatic nitrogens is 2. The van der Waals surface area contributed by atoms with Gasteiger partial charge in [-0.25, -0.2) is 4.98 Å². The maximum Gasteiger partial charge on any atom is 0.314 e. The molecule has 2 aromatic rings. The van der Waals surface area contributed by atoms with Crippen LogP contribution in [0.15, 0.2) is 36.1 Å². The number of hydrogen-bond donors (Lipinski definition) is 2. The van der Waals surface area contributed by atoms with Gasteiger partial charge in [-0.15, -0.1) is 0 Å². The van der Waals surface area contributed by atoms with Gasteiger partial charge in [0.2, 0.25) is 0 Å². The van der Waals surface area contributed by atoms with Crippen LogP contribution in [0.2, 0.25) is 0 Å². The number of esters is 1. The Labute approximate surface area is 162 Å². The molecular weight excluding hydrogens is 366 g/mol. The third-order valence-electron chi connectivity index (χ3n) is 4.57. The predicted octanol–water partition coefficient (Wildman–Crippen LogP) is 2.91. The van der Waals surface area contributed by atoms with E-state index in [1.807, 2.05) is 0 Å². The Morgan fingerprint density at radius 3 is 2.37 bits per heavy atom. The van der Waals surface area contributed by atoms with Gasteiger partial charge < -0.3 is 15.6 Å². The van der Waals surface area contributed by atoms with E-state index in [1.54, 1.807) is 29.8 Å². The molecule has 0 saturated heterocycles. The van der Waals surface area contributed by atoms with E-state index >= 15 is 0 Å². The number of rotatable bonds is 6. The molecule has 1 aromatic heterocycles. The third kappa shape index (κ3) is 7.84. The van der Waals surface area contributed by atoms with Crippen LogP contribution in [0.4, 0.5) is 0 Å². The number of carboxylic acid groups (broad SMARTS) is 1. The molecule has 3 rings (SSSR count). The van der Waals surface area contributed by atoms with E-state index in [-0.39, 0.29) is 18.3 Å². The van der Waals surface area contributed by atoms with Gasteiger partial charge in [-0.05, 0) is 73.8 Å². The van der Waals surface area contributed by atoms with Crippen LogP contribution in [0, 0.1) is 11.8 Å². The monoisotopic (exact) mass is 391 g/mol. The molecule has 0 amide bonds. The molecule has 7 nitrogen and oxygen atoms in total. The van der Waals surface area contributed by atoms with Gasteiger partial charge in [-0.3, -0.25) is 9.59 Å². The summed E-state index contributed by atoms with van der Waals surface area (Å²) in [6.07, 6.45) is 5.77. The second-order valence-electron chi connectivity index (χ2n) is 6.49. The lowest BCUT2D eigenvalue weighted by Crippen LogP contribution is -2.28. The summed E-state index contributed by atoms with van der Waals surface area (Å²) >= 11 is 1.35. The SMILES string of the molecule is NCC1CCC(C(=O)Oc2ccc(CCC(=O)O)cc2)CC1.c1ncsn1. The highest BCUT2D eigenvalue weighted by molar-refractivity contribution is 7.03. The number of benzene rings is 1. The van der Waals surface area contributed by atoms with Gasteiger partial charge in [-0.1, -0.05) is 12.1 Å². The zero-order valence-electron chi connectivity index (χ0n) is 15.1. The van der Waals surface area contributed by atoms with E-state index in [4.69, 9.17) is 15.6 Å². The minimum Gasteiger partial charge on any atom is -0.481 e. The van der Waals surface area contributed by atoms with Crippen molar-refractivity contribution in [2.45, 2.75) is 38.5 Å². The molecule has 0 spiro atoms. The molecule has 1 fully saturated rings. The summed E-state index contributed by atoms with van der Waals surface area (Å²) in [4.78, 5) is 26.3. The second kappa shape index (κ2) is 11.4. The van der Waals surface area contributed by atoms with Gasteiger partial charge in [0, 0.05) is 6.42 Å². The number of aryl methyl sites for hydroxylation is 1. The van der Waals surface area contributed by atoms with Crippen molar-refractivity contribution in [3.8, 4) is 5.75 Å². The van der Waals surface area contributed by atoms with Crippen molar-refractivity contribution in [2.75, 3.05) is 6.54 Å². The van der Waals surface area contributed by atoms with Crippen molar-refractivity contribution in [1.29, 1.82) is 0 Å². The van der Waals surface area contributed by atoms with Crippen LogP contribution in [-0.4, -0.2) is 32.9 Å². The van der Waals surface area contributed by atoms with Crippen molar-refractivity contribution in [1.82, 2.24) is 9.36 Å². The highest BCUT2D eigenvalue weighted by Gasteiger charge is 2.27. The number of ether oxygens (including phenoxy) is 1. The van der Waals surface area contributed by atoms with Crippen LogP contribution in [0.1, 0.15) is 37.7 Å². The lowest BCUT2D eigenvalue weighted by atomic mass is 9.82. The maximum absolute atomic E-state index is 12.1. The zero-order chi connectivity index (χ0) is 19.5. The Morgan fingerprint density at radius 2 is 1.89 bits per heavy atom. The molecule has 0 radical (unpaired) electrons. The summed E-state index contributed by atoms with van der Waals surface area (Å²) < 4.78 is 9.07. The predicted molar refractivity (Wildman–Crippen MR) is 102 cm³/mol. The van der Waals surface area contributed by atoms with Crippen LogP contribution in [-0.2, 0) is 16.0 Å². The number of hydrogen-bond acceptors (Lipinski definition) is 7. The Bertz CT molecular complexity index is 666. The molecular formula is C19H25N3O4S. The van der Waals surface area contributed by atoms with E-state index in [1.165, 1.54) is 17.9 Å². The topological polar surface area (TPSA) is 115 Å². The molecule has 1 saturated carbocycles. The number of carbonyl (C=O) groups is 2. The second-order valence-corrected chi connectivity index (χ2v) is 7.13. The number of aliphatic carboxylic acids is 1. The number of nitrogens with zero attached hydrogens (tertiary/aromatic N) is 2. The largest absolute Gasteiger partial charge is 0.481 e. The fourth-order valence-corrected chi connectivity index (χ4v) is 3.22. The zero-order valence-corrected chi connectivity index (χ0v) is 15.9. The highest BCUT2D eigenvalue weighted by Crippen LogP contribution is 2.29. The first-order chi connectivity index (χ1) is 13.1. The third-order valence-corrected chi connectivity index (χ3v) is 5.00. The molecule has 1 aliphatic rings. The van der Waals surface area contributed by atoms with Gasteiger partial charge in [0.15, 0.2) is 0 Å². The van der Waals surface area contributed by atoms with Gasteiger partial charge in [0.1, 0.15) is 17.6 Å². The van der Waals surface area contributed by atoms with Crippen molar-refractivity contribution < 1.29 is 19.4 Å². The molecule has 27 heavy (non-hydrogen) atoms. The summed E-state index contributed by atoms with van der Waals surface area (Å²) in [5.74, 6) is 0.0365. The summed E-state index contributed by atoms with van der Waals surface area (Å²) in [7, 11) is 0. The summed E-state index contributed by atoms with van der Waals surface area (Å²) in [5.41, 5.74) is 8.26. The number of carboxylic acids is 1. The molecule has 0 unspecified atom stereocenters. The van der Waals surface area contributed by atoms with Crippen LogP contribution in [0.25, 0.3) is 0 Å². The highest BCUT2D eigenvalue weighted by atomic mass is 32.1. The van der Waals surface area contributed by atoms with Crippen molar-refractivity contribution in [2.24, 2.45) is 17.6 Å². The molecule has 1 aromatic carbocycles. The van der Waals surface area contributed by atoms with Crippen LogP contribution < -0.4 is 10.5 Å². The van der Waals surface area contributed by atoms with Crippen LogP contribution in [0.3, 0.4) is 0 Å². The first-order valence-corrected chi connectivity index (χ1v) is 9.84. The maximum atomic E-state index is 12.1. The number of carbonyl (C=O) groups excluding carboxylic acids is 1. The van der Waals surface area contributed by atoms with E-state index in [2.05, 4.69) is 9.36 Å². The summed E-state index contributed by atoms with van der Waals surface area (Å²) in [6.45, 7) is 0.694. The van der Waals surface area contributed by atoms with Crippen molar-refractivity contribution >= 4 is 23.5 Å². The van der Waals surface area contributed by atoms with Crippen molar-refractivity contribution in [3.05, 3.63) is 41.7 Å². The van der Waals surface area contributed by atoms with Gasteiger partial charge in [0.25, 0.3) is 0 Å². The molecule has 3 N–H and O–H groups in total. The molecule has 1 aliphatic carbocycles. The normalized spacial score (nSPS) is 18.9. The average Bonchev–Trinajstić information content (AvgIpc) is 3.27. The number of nitrogens with two attached hydrogens (primary N) is 1. The van der Waals surface area contributed by atoms with Gasteiger partial charge in [-0.2, -0.15) is 4.37 Å². The molecule has 1 heterocycles. The molecule has 0 aliphatic heterocycles. The average molecular weight is 391 g/mol. The van der Waals surface area contributed by atoms with Crippen LogP contribution >= 0.6 is 11.5 Å². The lowest BCUT2D eigenvalue weighted by molar-refractivity contribution is -0.140. The summed E-state index contributed by atoms with van der Waals surface area (Å²) in [6, 6.07) is 7.05. The smallest absolute Gasteiger partial charge is 0.314 e. The molecule has 0 atom stereocenters. The Balaban J connectivity index is 0.000000451. The minimum absolute atomic E-state index is 0.0329. The Kier molecular flexibility index (Phi) is 8.86. The standard InChI is InChI=1S/C17H23NO4.C2H2N2S/c18-11-13-1-6-14(7-2-13)17(21)22-15-8-3-12(4-9-15)5-10-16(19)20;1-3-2-5-4-1/h3-4,8-9,13-14H,1-2,5-7,10-11,18H2,(H,19,20);1-2H. The fraction of sp³-hybridized carbons (Fsp3) is 0.474. The lowest BCUT2D eigenvalue weighted by Gasteiger charge is -2.26. The van der Waals surface area contributed by atoms with Crippen molar-refractivity contribution in [3.63, 3.8) is 0 Å². The van der Waals surface area contributed by atoms with E-state index in [0.29, 0.717) is 24.6 Å². The summed E-state index contributed by atoms with van der Waals surface area (Å²) in [5, 5.41) is 8.65. The van der Waals surface area contributed by atoms with Gasteiger partial charge in [0.05, 0.1) is 5.92 Å². The molecule has 0 bridgehead atoms. The minimum atomic E-state index is -0.816. The molecule has 8 heteroatoms. The quantitative estimate of drug-likeness (QED) is 0.574. The van der Waals surface area contributed by atoms with Gasteiger partial charge >= 0.3 is 11.9 Å². The van der Waals surface area contributed by atoms with E-state index < -0.39 is 5.97 Å². The van der Waals surface area contributed by atoms with Crippen LogP contribution in [0.5, 0.6) is 5.75 Å². The Morgan fingerprint density at radius 1 is 1.19 bits per heavy atom. The van der Waals surface area contributed by atoms with E-state index in [9.17, 15) is 9.59 Å². The fourth-order valence-electron chi connectivity index (χ4n) is 2.94. The molecule has 146 valence electrons.